The van der Waals surface area contributed by atoms with Crippen LogP contribution in [0.1, 0.15) is 21.6 Å². The van der Waals surface area contributed by atoms with Crippen LogP contribution in [-0.4, -0.2) is 61.3 Å². The molecule has 0 atom stereocenters. The average Bonchev–Trinajstić information content (AvgIpc) is 3.07. The second-order valence-electron chi connectivity index (χ2n) is 7.57. The van der Waals surface area contributed by atoms with Crippen molar-refractivity contribution in [3.05, 3.63) is 64.3 Å². The highest BCUT2D eigenvalue weighted by molar-refractivity contribution is 7.85. The fourth-order valence-electron chi connectivity index (χ4n) is 3.51. The number of hydrogen-bond donors (Lipinski definition) is 2. The third-order valence-electron chi connectivity index (χ3n) is 5.20. The number of esters is 1. The normalized spacial score (nSPS) is 11.3. The van der Waals surface area contributed by atoms with Crippen molar-refractivity contribution in [3.63, 3.8) is 0 Å². The van der Waals surface area contributed by atoms with Gasteiger partial charge in [0.2, 0.25) is 0 Å². The van der Waals surface area contributed by atoms with Crippen LogP contribution in [0, 0.1) is 6.92 Å². The van der Waals surface area contributed by atoms with E-state index in [1.807, 2.05) is 0 Å². The topological polar surface area (TPSA) is 141 Å². The van der Waals surface area contributed by atoms with Gasteiger partial charge in [-0.25, -0.2) is 0 Å². The zero-order valence-corrected chi connectivity index (χ0v) is 20.5. The summed E-state index contributed by atoms with van der Waals surface area (Å²) in [6.45, 7) is 0.744. The maximum Gasteiger partial charge on any atom is 0.310 e. The molecule has 0 aliphatic rings. The molecule has 0 bridgehead atoms. The number of halogens is 1. The van der Waals surface area contributed by atoms with Crippen LogP contribution < -0.4 is 10.1 Å². The monoisotopic (exact) mass is 522 g/mol. The van der Waals surface area contributed by atoms with Crippen molar-refractivity contribution < 1.29 is 36.8 Å². The SMILES string of the molecule is COc1ccc2c(c1)c(CC(=O)OCC(=O)NCCS(=O)(=O)O)c(C)n2C(=O)c1ccc(Cl)cc1. The van der Waals surface area contributed by atoms with E-state index in [4.69, 9.17) is 25.6 Å². The van der Waals surface area contributed by atoms with E-state index in [1.165, 1.54) is 11.7 Å². The van der Waals surface area contributed by atoms with E-state index in [0.717, 1.165) is 0 Å². The zero-order valence-electron chi connectivity index (χ0n) is 18.9. The number of amides is 1. The van der Waals surface area contributed by atoms with Gasteiger partial charge in [-0.15, -0.1) is 0 Å². The Kier molecular flexibility index (Phi) is 8.15. The Morgan fingerprint density at radius 1 is 1.11 bits per heavy atom. The van der Waals surface area contributed by atoms with Crippen molar-refractivity contribution in [2.75, 3.05) is 26.0 Å². The van der Waals surface area contributed by atoms with Gasteiger partial charge in [0.15, 0.2) is 6.61 Å². The smallest absolute Gasteiger partial charge is 0.310 e. The number of nitrogens with one attached hydrogen (secondary N) is 1. The summed E-state index contributed by atoms with van der Waals surface area (Å²) in [5.41, 5.74) is 2.01. The van der Waals surface area contributed by atoms with E-state index in [1.54, 1.807) is 49.4 Å². The lowest BCUT2D eigenvalue weighted by Crippen LogP contribution is -2.32. The van der Waals surface area contributed by atoms with E-state index in [0.29, 0.717) is 38.5 Å². The van der Waals surface area contributed by atoms with Gasteiger partial charge in [-0.2, -0.15) is 8.42 Å². The number of fused-ring (bicyclic) bond motifs is 1. The predicted molar refractivity (Wildman–Crippen MR) is 128 cm³/mol. The van der Waals surface area contributed by atoms with Gasteiger partial charge in [-0.3, -0.25) is 23.5 Å². The molecule has 0 radical (unpaired) electrons. The first kappa shape index (κ1) is 26.2. The fraction of sp³-hybridized carbons (Fsp3) is 0.261. The number of carbonyl (C=O) groups is 3. The number of benzene rings is 2. The Morgan fingerprint density at radius 2 is 1.80 bits per heavy atom. The summed E-state index contributed by atoms with van der Waals surface area (Å²) < 4.78 is 41.9. The van der Waals surface area contributed by atoms with Crippen molar-refractivity contribution in [1.29, 1.82) is 0 Å². The minimum absolute atomic E-state index is 0.227. The Morgan fingerprint density at radius 3 is 2.43 bits per heavy atom. The van der Waals surface area contributed by atoms with E-state index < -0.39 is 34.4 Å². The molecule has 3 rings (SSSR count). The van der Waals surface area contributed by atoms with Crippen LogP contribution in [0.15, 0.2) is 42.5 Å². The van der Waals surface area contributed by atoms with Crippen LogP contribution in [0.5, 0.6) is 5.75 Å². The standard InChI is InChI=1S/C23H23ClN2O8S/c1-14-18(12-22(28)34-13-21(27)25-9-10-35(30,31)32)19-11-17(33-2)7-8-20(19)26(14)23(29)15-3-5-16(24)6-4-15/h3-8,11H,9-10,12-13H2,1-2H3,(H,25,27)(H,30,31,32). The van der Waals surface area contributed by atoms with Gasteiger partial charge in [0.25, 0.3) is 21.9 Å². The summed E-state index contributed by atoms with van der Waals surface area (Å²) >= 11 is 5.93. The number of ether oxygens (including phenoxy) is 2. The number of rotatable bonds is 9. The third kappa shape index (κ3) is 6.59. The number of carbonyl (C=O) groups excluding carboxylic acids is 3. The van der Waals surface area contributed by atoms with Crippen LogP contribution >= 0.6 is 11.6 Å². The van der Waals surface area contributed by atoms with Gasteiger partial charge in [0.05, 0.1) is 24.8 Å². The third-order valence-corrected chi connectivity index (χ3v) is 6.18. The highest BCUT2D eigenvalue weighted by Gasteiger charge is 2.23. The first-order valence-electron chi connectivity index (χ1n) is 10.4. The first-order valence-corrected chi connectivity index (χ1v) is 12.3. The minimum Gasteiger partial charge on any atom is -0.497 e. The Hall–Kier alpha value is -3.41. The lowest BCUT2D eigenvalue weighted by Gasteiger charge is -2.08. The number of hydrogen-bond acceptors (Lipinski definition) is 7. The quantitative estimate of drug-likeness (QED) is 0.322. The summed E-state index contributed by atoms with van der Waals surface area (Å²) in [4.78, 5) is 37.6. The highest BCUT2D eigenvalue weighted by atomic mass is 35.5. The molecule has 10 nitrogen and oxygen atoms in total. The molecule has 0 saturated heterocycles. The molecule has 0 aliphatic carbocycles. The molecule has 0 unspecified atom stereocenters. The summed E-state index contributed by atoms with van der Waals surface area (Å²) in [5, 5.41) is 3.33. The van der Waals surface area contributed by atoms with Gasteiger partial charge < -0.3 is 14.8 Å². The highest BCUT2D eigenvalue weighted by Crippen LogP contribution is 2.31. The Labute approximate surface area is 206 Å². The molecule has 1 heterocycles. The lowest BCUT2D eigenvalue weighted by atomic mass is 10.1. The second-order valence-corrected chi connectivity index (χ2v) is 9.58. The molecular formula is C23H23ClN2O8S. The van der Waals surface area contributed by atoms with Gasteiger partial charge in [-0.05, 0) is 55.0 Å². The first-order chi connectivity index (χ1) is 16.5. The summed E-state index contributed by atoms with van der Waals surface area (Å²) in [7, 11) is -2.72. The minimum atomic E-state index is -4.22. The van der Waals surface area contributed by atoms with E-state index >= 15 is 0 Å². The van der Waals surface area contributed by atoms with Crippen LogP contribution in [0.2, 0.25) is 5.02 Å². The number of methoxy groups -OCH3 is 1. The van der Waals surface area contributed by atoms with E-state index in [-0.39, 0.29) is 18.9 Å². The van der Waals surface area contributed by atoms with E-state index in [2.05, 4.69) is 5.32 Å². The van der Waals surface area contributed by atoms with Crippen LogP contribution in [-0.2, 0) is 30.9 Å². The summed E-state index contributed by atoms with van der Waals surface area (Å²) in [5.74, 6) is -1.89. The molecule has 1 amide bonds. The van der Waals surface area contributed by atoms with Crippen molar-refractivity contribution in [2.24, 2.45) is 0 Å². The second kappa shape index (κ2) is 10.9. The van der Waals surface area contributed by atoms with Gasteiger partial charge in [0, 0.05) is 28.2 Å². The van der Waals surface area contributed by atoms with Gasteiger partial charge >= 0.3 is 5.97 Å². The summed E-state index contributed by atoms with van der Waals surface area (Å²) in [6, 6.07) is 11.6. The van der Waals surface area contributed by atoms with Gasteiger partial charge in [-0.1, -0.05) is 11.6 Å². The molecule has 0 saturated carbocycles. The van der Waals surface area contributed by atoms with Crippen molar-refractivity contribution in [1.82, 2.24) is 9.88 Å². The van der Waals surface area contributed by atoms with Crippen molar-refractivity contribution in [2.45, 2.75) is 13.3 Å². The van der Waals surface area contributed by atoms with E-state index in [9.17, 15) is 22.8 Å². The molecule has 35 heavy (non-hydrogen) atoms. The molecule has 0 spiro atoms. The molecular weight excluding hydrogens is 500 g/mol. The molecule has 186 valence electrons. The van der Waals surface area contributed by atoms with Crippen molar-refractivity contribution >= 4 is 50.4 Å². The average molecular weight is 523 g/mol. The largest absolute Gasteiger partial charge is 0.497 e. The maximum absolute atomic E-state index is 13.3. The van der Waals surface area contributed by atoms with Crippen LogP contribution in [0.25, 0.3) is 10.9 Å². The predicted octanol–water partition coefficient (Wildman–Crippen LogP) is 2.39. The van der Waals surface area contributed by atoms with Crippen molar-refractivity contribution in [3.8, 4) is 5.75 Å². The lowest BCUT2D eigenvalue weighted by molar-refractivity contribution is -0.147. The van der Waals surface area contributed by atoms with Gasteiger partial charge in [0.1, 0.15) is 5.75 Å². The Bertz CT molecular complexity index is 1380. The van der Waals surface area contributed by atoms with Crippen LogP contribution in [0.3, 0.4) is 0 Å². The van der Waals surface area contributed by atoms with Crippen LogP contribution in [0.4, 0.5) is 0 Å². The fourth-order valence-corrected chi connectivity index (χ4v) is 3.99. The molecule has 0 aliphatic heterocycles. The summed E-state index contributed by atoms with van der Waals surface area (Å²) in [6.07, 6.45) is -0.227. The zero-order chi connectivity index (χ0) is 25.8. The number of aromatic nitrogens is 1. The molecule has 2 aromatic carbocycles. The molecule has 0 fully saturated rings. The maximum atomic E-state index is 13.3. The molecule has 1 aromatic heterocycles. The Balaban J connectivity index is 1.83. The molecule has 2 N–H and O–H groups in total. The molecule has 12 heteroatoms. The number of nitrogens with zero attached hydrogens (tertiary/aromatic N) is 1. The molecule has 3 aromatic rings.